The van der Waals surface area contributed by atoms with Crippen molar-refractivity contribution in [3.05, 3.63) is 63.4 Å². The molecule has 0 amide bonds. The van der Waals surface area contributed by atoms with Crippen LogP contribution in [0, 0.1) is 0 Å². The second-order valence-electron chi connectivity index (χ2n) is 6.10. The van der Waals surface area contributed by atoms with Crippen LogP contribution in [0.25, 0.3) is 16.6 Å². The zero-order valence-corrected chi connectivity index (χ0v) is 16.9. The zero-order chi connectivity index (χ0) is 19.2. The van der Waals surface area contributed by atoms with Gasteiger partial charge in [0.2, 0.25) is 10.0 Å². The first kappa shape index (κ1) is 18.2. The lowest BCUT2D eigenvalue weighted by molar-refractivity contribution is 0.351. The molecule has 3 heterocycles. The minimum absolute atomic E-state index is 0.250. The molecule has 1 aromatic carbocycles. The summed E-state index contributed by atoms with van der Waals surface area (Å²) in [6.45, 7) is 0. The van der Waals surface area contributed by atoms with Gasteiger partial charge in [-0.15, -0.1) is 15.8 Å². The van der Waals surface area contributed by atoms with E-state index >= 15 is 0 Å². The van der Waals surface area contributed by atoms with E-state index in [1.807, 2.05) is 41.8 Å². The molecule has 6 nitrogen and oxygen atoms in total. The van der Waals surface area contributed by atoms with Gasteiger partial charge >= 0.3 is 0 Å². The summed E-state index contributed by atoms with van der Waals surface area (Å²) in [5, 5.41) is 3.04. The fraction of sp³-hybridized carbons (Fsp3) is 0.167. The summed E-state index contributed by atoms with van der Waals surface area (Å²) in [7, 11) is -1.95. The molecule has 0 fully saturated rings. The summed E-state index contributed by atoms with van der Waals surface area (Å²) in [4.78, 5) is 5.39. The predicted octanol–water partition coefficient (Wildman–Crippen LogP) is 3.82. The molecular weight excluding hydrogens is 406 g/mol. The molecule has 9 heteroatoms. The largest absolute Gasteiger partial charge is 0.497 e. The first-order valence-corrected chi connectivity index (χ1v) is 11.1. The van der Waals surface area contributed by atoms with Gasteiger partial charge in [0.1, 0.15) is 10.9 Å². The number of hydrazine groups is 1. The maximum absolute atomic E-state index is 12.3. The van der Waals surface area contributed by atoms with E-state index in [2.05, 4.69) is 10.4 Å². The summed E-state index contributed by atoms with van der Waals surface area (Å²) >= 11 is 7.97. The summed E-state index contributed by atoms with van der Waals surface area (Å²) in [5.41, 5.74) is 5.01. The number of sulfonamides is 1. The van der Waals surface area contributed by atoms with Gasteiger partial charge in [0.05, 0.1) is 35.5 Å². The highest BCUT2D eigenvalue weighted by Crippen LogP contribution is 2.38. The van der Waals surface area contributed by atoms with Gasteiger partial charge in [0, 0.05) is 17.0 Å². The monoisotopic (exact) mass is 421 g/mol. The number of thiophene rings is 1. The van der Waals surface area contributed by atoms with Crippen LogP contribution in [-0.4, -0.2) is 31.2 Å². The SMILES string of the molecule is COc1ccc2cc([C@H]3C=C(c4cccs4)NN3S(C)(=O)=O)c(Cl)nc2c1. The van der Waals surface area contributed by atoms with Crippen molar-refractivity contribution in [1.82, 2.24) is 14.8 Å². The van der Waals surface area contributed by atoms with Crippen molar-refractivity contribution in [2.75, 3.05) is 13.4 Å². The van der Waals surface area contributed by atoms with Crippen molar-refractivity contribution in [2.45, 2.75) is 6.04 Å². The number of nitrogens with zero attached hydrogens (tertiary/aromatic N) is 2. The Hall–Kier alpha value is -2.13. The molecule has 1 N–H and O–H groups in total. The van der Waals surface area contributed by atoms with Gasteiger partial charge in [-0.3, -0.25) is 0 Å². The van der Waals surface area contributed by atoms with E-state index in [4.69, 9.17) is 16.3 Å². The Bertz CT molecular complexity index is 1140. The number of halogens is 1. The van der Waals surface area contributed by atoms with Gasteiger partial charge in [-0.25, -0.2) is 13.4 Å². The Balaban J connectivity index is 1.84. The van der Waals surface area contributed by atoms with Gasteiger partial charge in [-0.2, -0.15) is 0 Å². The minimum atomic E-state index is -3.54. The molecule has 0 saturated heterocycles. The zero-order valence-electron chi connectivity index (χ0n) is 14.5. The highest BCUT2D eigenvalue weighted by atomic mass is 35.5. The van der Waals surface area contributed by atoms with Crippen LogP contribution in [0.2, 0.25) is 5.15 Å². The highest BCUT2D eigenvalue weighted by Gasteiger charge is 2.35. The molecule has 0 saturated carbocycles. The number of pyridine rings is 1. The van der Waals surface area contributed by atoms with Crippen molar-refractivity contribution in [3.8, 4) is 5.75 Å². The number of rotatable bonds is 4. The first-order valence-electron chi connectivity index (χ1n) is 8.03. The van der Waals surface area contributed by atoms with E-state index in [0.29, 0.717) is 16.8 Å². The maximum atomic E-state index is 12.3. The second kappa shape index (κ2) is 6.79. The summed E-state index contributed by atoms with van der Waals surface area (Å²) in [6.07, 6.45) is 3.01. The van der Waals surface area contributed by atoms with Crippen LogP contribution in [0.1, 0.15) is 16.5 Å². The van der Waals surface area contributed by atoms with Crippen LogP contribution in [0.3, 0.4) is 0 Å². The lowest BCUT2D eigenvalue weighted by atomic mass is 10.1. The summed E-state index contributed by atoms with van der Waals surface area (Å²) in [5.74, 6) is 0.680. The number of fused-ring (bicyclic) bond motifs is 1. The highest BCUT2D eigenvalue weighted by molar-refractivity contribution is 7.88. The van der Waals surface area contributed by atoms with Crippen molar-refractivity contribution < 1.29 is 13.2 Å². The molecule has 0 unspecified atom stereocenters. The fourth-order valence-corrected chi connectivity index (χ4v) is 4.81. The molecule has 4 rings (SSSR count). The van der Waals surface area contributed by atoms with Gasteiger partial charge in [-0.05, 0) is 35.7 Å². The van der Waals surface area contributed by atoms with Crippen LogP contribution in [0.5, 0.6) is 5.75 Å². The van der Waals surface area contributed by atoms with Crippen LogP contribution in [0.15, 0.2) is 47.9 Å². The van der Waals surface area contributed by atoms with E-state index in [0.717, 1.165) is 22.2 Å². The number of ether oxygens (including phenoxy) is 1. The number of hydrogen-bond donors (Lipinski definition) is 1. The average Bonchev–Trinajstić information content (AvgIpc) is 3.29. The minimum Gasteiger partial charge on any atom is -0.497 e. The quantitative estimate of drug-likeness (QED) is 0.648. The summed E-state index contributed by atoms with van der Waals surface area (Å²) < 4.78 is 31.1. The molecule has 0 radical (unpaired) electrons. The van der Waals surface area contributed by atoms with Crippen LogP contribution in [-0.2, 0) is 10.0 Å². The Morgan fingerprint density at radius 1 is 1.30 bits per heavy atom. The lowest BCUT2D eigenvalue weighted by Gasteiger charge is -2.23. The van der Waals surface area contributed by atoms with Crippen LogP contribution in [0.4, 0.5) is 0 Å². The third-order valence-electron chi connectivity index (χ3n) is 4.28. The summed E-state index contributed by atoms with van der Waals surface area (Å²) in [6, 6.07) is 10.6. The molecule has 0 aliphatic carbocycles. The lowest BCUT2D eigenvalue weighted by Crippen LogP contribution is -2.38. The van der Waals surface area contributed by atoms with Gasteiger partial charge in [-0.1, -0.05) is 17.7 Å². The molecule has 27 heavy (non-hydrogen) atoms. The normalized spacial score (nSPS) is 17.7. The number of methoxy groups -OCH3 is 1. The second-order valence-corrected chi connectivity index (χ2v) is 9.27. The Morgan fingerprint density at radius 2 is 2.11 bits per heavy atom. The van der Waals surface area contributed by atoms with E-state index in [1.165, 1.54) is 15.8 Å². The molecule has 1 atom stereocenters. The maximum Gasteiger partial charge on any atom is 0.228 e. The van der Waals surface area contributed by atoms with E-state index in [9.17, 15) is 8.42 Å². The van der Waals surface area contributed by atoms with Gasteiger partial charge < -0.3 is 10.2 Å². The smallest absolute Gasteiger partial charge is 0.228 e. The van der Waals surface area contributed by atoms with E-state index in [1.54, 1.807) is 13.2 Å². The average molecular weight is 422 g/mol. The van der Waals surface area contributed by atoms with E-state index in [-0.39, 0.29) is 5.15 Å². The predicted molar refractivity (Wildman–Crippen MR) is 108 cm³/mol. The molecular formula is C18H16ClN3O3S2. The molecule has 3 aromatic rings. The Kier molecular flexibility index (Phi) is 4.59. The van der Waals surface area contributed by atoms with Gasteiger partial charge in [0.15, 0.2) is 0 Å². The Labute approximate surface area is 166 Å². The number of benzene rings is 1. The fourth-order valence-electron chi connectivity index (χ4n) is 3.00. The molecule has 2 aromatic heterocycles. The number of nitrogens with one attached hydrogen (secondary N) is 1. The third kappa shape index (κ3) is 3.41. The molecule has 0 bridgehead atoms. The van der Waals surface area contributed by atoms with Crippen molar-refractivity contribution in [2.24, 2.45) is 0 Å². The van der Waals surface area contributed by atoms with Crippen molar-refractivity contribution in [3.63, 3.8) is 0 Å². The molecule has 1 aliphatic heterocycles. The molecule has 140 valence electrons. The standard InChI is InChI=1S/C18H16ClN3O3S2/c1-25-12-6-5-11-8-13(18(19)20-14(11)9-12)16-10-15(17-4-3-7-26-17)21-22(16)27(2,23)24/h3-10,16,21H,1-2H3/t16-/m1/s1. The molecule has 0 spiro atoms. The Morgan fingerprint density at radius 3 is 2.78 bits per heavy atom. The van der Waals surface area contributed by atoms with E-state index < -0.39 is 16.1 Å². The van der Waals surface area contributed by atoms with Crippen LogP contribution >= 0.6 is 22.9 Å². The topological polar surface area (TPSA) is 71.5 Å². The van der Waals surface area contributed by atoms with Crippen LogP contribution < -0.4 is 10.2 Å². The number of aromatic nitrogens is 1. The molecule has 1 aliphatic rings. The van der Waals surface area contributed by atoms with Gasteiger partial charge in [0.25, 0.3) is 0 Å². The van der Waals surface area contributed by atoms with Crippen molar-refractivity contribution in [1.29, 1.82) is 0 Å². The van der Waals surface area contributed by atoms with Crippen molar-refractivity contribution >= 4 is 49.6 Å². The third-order valence-corrected chi connectivity index (χ3v) is 6.51. The first-order chi connectivity index (χ1) is 12.9. The number of hydrogen-bond acceptors (Lipinski definition) is 6.